The molecule has 0 saturated carbocycles. The maximum atomic E-state index is 9.90. The number of rotatable bonds is 3. The minimum Gasteiger partial charge on any atom is -0.385 e. The van der Waals surface area contributed by atoms with Crippen LogP contribution in [0.5, 0.6) is 0 Å². The molecule has 5 rings (SSSR count). The Bertz CT molecular complexity index is 1160. The number of amides is 1. The maximum Gasteiger partial charge on any atom is 1.00 e. The molecule has 8 nitrogen and oxygen atoms in total. The Hall–Kier alpha value is -0.178. The molecule has 0 spiro atoms. The van der Waals surface area contributed by atoms with Crippen LogP contribution >= 0.6 is 34.8 Å². The third-order valence-electron chi connectivity index (χ3n) is 5.52. The van der Waals surface area contributed by atoms with Gasteiger partial charge in [-0.05, 0) is 50.7 Å². The van der Waals surface area contributed by atoms with Crippen LogP contribution in [0.2, 0.25) is 10.2 Å². The van der Waals surface area contributed by atoms with Gasteiger partial charge in [-0.3, -0.25) is 9.78 Å². The van der Waals surface area contributed by atoms with Gasteiger partial charge in [-0.2, -0.15) is 5.10 Å². The average molecular weight is 749 g/mol. The molecule has 1 saturated heterocycles. The fraction of sp³-hybridized carbons (Fsp3) is 0.483. The van der Waals surface area contributed by atoms with E-state index >= 15 is 0 Å². The number of nitrogens with one attached hydrogen (secondary N) is 1. The van der Waals surface area contributed by atoms with Gasteiger partial charge < -0.3 is 22.2 Å². The van der Waals surface area contributed by atoms with Crippen LogP contribution in [0, 0.1) is 7.43 Å². The molecule has 1 fully saturated rings. The van der Waals surface area contributed by atoms with E-state index in [4.69, 9.17) is 39.5 Å². The summed E-state index contributed by atoms with van der Waals surface area (Å²) in [5.41, 5.74) is 4.15. The monoisotopic (exact) mass is 747 g/mol. The van der Waals surface area contributed by atoms with Gasteiger partial charge in [0, 0.05) is 55.8 Å². The van der Waals surface area contributed by atoms with Crippen molar-refractivity contribution in [3.05, 3.63) is 71.2 Å². The van der Waals surface area contributed by atoms with Crippen molar-refractivity contribution in [3.8, 4) is 0 Å². The smallest absolute Gasteiger partial charge is 0.385 e. The van der Waals surface area contributed by atoms with Crippen LogP contribution in [0.25, 0.3) is 5.65 Å². The second kappa shape index (κ2) is 23.2. The van der Waals surface area contributed by atoms with Gasteiger partial charge >= 0.3 is 68.9 Å². The zero-order valence-corrected chi connectivity index (χ0v) is 34.2. The molecule has 1 unspecified atom stereocenters. The molecule has 3 aromatic rings. The van der Waals surface area contributed by atoms with Gasteiger partial charge in [0.15, 0.2) is 10.8 Å². The van der Waals surface area contributed by atoms with Crippen LogP contribution in [-0.2, 0) is 19.7 Å². The van der Waals surface area contributed by atoms with Crippen molar-refractivity contribution in [2.24, 2.45) is 0 Å². The SMILES string of the molecule is C1CCOC1.C=C(C)Cl.CC1CC(C)(C)c2c1cnc1cc(Cl)nn21.CCOC.O=CNc1cncc(Cl)c1.[CH3-].[Cs+]. The summed E-state index contributed by atoms with van der Waals surface area (Å²) in [5, 5.41) is 8.41. The second-order valence-electron chi connectivity index (χ2n) is 9.52. The number of nitrogens with zero attached hydrogens (tertiary/aromatic N) is 4. The van der Waals surface area contributed by atoms with Gasteiger partial charge in [-0.25, -0.2) is 9.50 Å². The van der Waals surface area contributed by atoms with Crippen molar-refractivity contribution >= 4 is 52.5 Å². The van der Waals surface area contributed by atoms with E-state index in [1.165, 1.54) is 36.5 Å². The Labute approximate surface area is 319 Å². The first-order valence-corrected chi connectivity index (χ1v) is 13.8. The zero-order chi connectivity index (χ0) is 29.4. The molecule has 1 amide bonds. The predicted octanol–water partition coefficient (Wildman–Crippen LogP) is 5.13. The third kappa shape index (κ3) is 16.5. The topological polar surface area (TPSA) is 90.6 Å². The first-order valence-electron chi connectivity index (χ1n) is 12.7. The van der Waals surface area contributed by atoms with E-state index in [1.54, 1.807) is 26.2 Å². The minimum absolute atomic E-state index is 0. The first-order chi connectivity index (χ1) is 18.5. The number of carbonyl (C=O) groups is 1. The predicted molar refractivity (Wildman–Crippen MR) is 168 cm³/mol. The van der Waals surface area contributed by atoms with Crippen LogP contribution in [0.1, 0.15) is 71.1 Å². The summed E-state index contributed by atoms with van der Waals surface area (Å²) in [5.74, 6) is 0.546. The first kappa shape index (κ1) is 43.0. The van der Waals surface area contributed by atoms with Crippen LogP contribution in [0.3, 0.4) is 0 Å². The van der Waals surface area contributed by atoms with Crippen LogP contribution in [0.15, 0.2) is 42.3 Å². The Morgan fingerprint density at radius 1 is 1.24 bits per heavy atom. The van der Waals surface area contributed by atoms with Crippen molar-refractivity contribution in [2.45, 2.75) is 65.2 Å². The van der Waals surface area contributed by atoms with E-state index in [0.29, 0.717) is 33.2 Å². The van der Waals surface area contributed by atoms with E-state index < -0.39 is 0 Å². The summed E-state index contributed by atoms with van der Waals surface area (Å²) >= 11 is 16.6. The van der Waals surface area contributed by atoms with Gasteiger partial charge in [-0.15, -0.1) is 0 Å². The van der Waals surface area contributed by atoms with Crippen LogP contribution < -0.4 is 74.2 Å². The Kier molecular flexibility index (Phi) is 24.3. The van der Waals surface area contributed by atoms with Gasteiger partial charge in [0.25, 0.3) is 0 Å². The number of hydrogen-bond acceptors (Lipinski definition) is 6. The number of aromatic nitrogens is 4. The number of allylic oxidation sites excluding steroid dienone is 1. The van der Waals surface area contributed by atoms with Crippen molar-refractivity contribution in [1.82, 2.24) is 19.6 Å². The van der Waals surface area contributed by atoms with Crippen molar-refractivity contribution in [2.75, 3.05) is 32.2 Å². The van der Waals surface area contributed by atoms with E-state index in [9.17, 15) is 4.79 Å². The molecule has 0 radical (unpaired) electrons. The summed E-state index contributed by atoms with van der Waals surface area (Å²) in [4.78, 5) is 18.1. The van der Waals surface area contributed by atoms with Crippen LogP contribution in [-0.4, -0.2) is 52.9 Å². The number of pyridine rings is 1. The standard InChI is InChI=1S/C12H14ClN3.C6H5ClN2O.C4H8O.C3H5Cl.C3H8O.CH3.Cs/c1-7-5-12(2,3)11-8(7)6-14-10-4-9(13)15-16(10)11;7-5-1-6(9-4-10)3-8-2-5;1-2-4-5-3-1;1-3(2)4;1-3-4-2;;/h4,6-7H,5H2,1-3H3;1-4H,(H,9,10);1-4H2;1H2,2H3;3H2,1-2H3;1H3;/q;;;;;-1;+1. The number of hydrogen-bond donors (Lipinski definition) is 1. The van der Waals surface area contributed by atoms with E-state index in [1.807, 2.05) is 17.6 Å². The molecule has 1 N–H and O–H groups in total. The molecule has 0 bridgehead atoms. The van der Waals surface area contributed by atoms with Crippen LogP contribution in [0.4, 0.5) is 5.69 Å². The third-order valence-corrected chi connectivity index (χ3v) is 5.91. The Morgan fingerprint density at radius 2 is 1.83 bits per heavy atom. The number of fused-ring (bicyclic) bond motifs is 3. The number of methoxy groups -OCH3 is 1. The second-order valence-corrected chi connectivity index (χ2v) is 11.0. The number of carbonyl (C=O) groups excluding carboxylic acids is 1. The summed E-state index contributed by atoms with van der Waals surface area (Å²) in [6.45, 7) is 16.6. The average Bonchev–Trinajstić information content (AvgIpc) is 3.60. The van der Waals surface area contributed by atoms with Gasteiger partial charge in [-0.1, -0.05) is 62.2 Å². The van der Waals surface area contributed by atoms with E-state index in [-0.39, 0.29) is 81.7 Å². The Morgan fingerprint density at radius 3 is 2.29 bits per heavy atom. The molecule has 4 heterocycles. The molecule has 41 heavy (non-hydrogen) atoms. The number of anilines is 1. The maximum absolute atomic E-state index is 9.90. The molecular weight excluding hydrogens is 706 g/mol. The number of halogens is 3. The van der Waals surface area contributed by atoms with Gasteiger partial charge in [0.1, 0.15) is 0 Å². The minimum atomic E-state index is 0. The molecule has 2 aliphatic rings. The molecule has 12 heteroatoms. The normalized spacial score (nSPS) is 15.3. The molecule has 3 aromatic heterocycles. The molecule has 1 aliphatic heterocycles. The van der Waals surface area contributed by atoms with Gasteiger partial charge in [0.2, 0.25) is 6.41 Å². The van der Waals surface area contributed by atoms with E-state index in [0.717, 1.165) is 31.9 Å². The van der Waals surface area contributed by atoms with Crippen molar-refractivity contribution < 1.29 is 83.2 Å². The summed E-state index contributed by atoms with van der Waals surface area (Å²) < 4.78 is 11.4. The fourth-order valence-corrected chi connectivity index (χ4v) is 4.35. The Balaban J connectivity index is 0. The molecule has 0 aromatic carbocycles. The van der Waals surface area contributed by atoms with E-state index in [2.05, 4.69) is 52.5 Å². The zero-order valence-electron chi connectivity index (χ0n) is 25.6. The number of ether oxygens (including phenoxy) is 2. The van der Waals surface area contributed by atoms with Gasteiger partial charge in [0.05, 0.1) is 22.6 Å². The summed E-state index contributed by atoms with van der Waals surface area (Å²) in [6, 6.07) is 3.42. The summed E-state index contributed by atoms with van der Waals surface area (Å²) in [6.07, 6.45) is 9.26. The molecule has 1 atom stereocenters. The van der Waals surface area contributed by atoms with Crippen molar-refractivity contribution in [3.63, 3.8) is 0 Å². The van der Waals surface area contributed by atoms with Crippen molar-refractivity contribution in [1.29, 1.82) is 0 Å². The molecular formula is C29H43Cl3CsN5O3. The quantitative estimate of drug-likeness (QED) is 0.295. The molecule has 224 valence electrons. The largest absolute Gasteiger partial charge is 1.00 e. The summed E-state index contributed by atoms with van der Waals surface area (Å²) in [7, 11) is 1.68. The fourth-order valence-electron chi connectivity index (χ4n) is 4.00. The molecule has 1 aliphatic carbocycles.